The highest BCUT2D eigenvalue weighted by molar-refractivity contribution is 6.33. The van der Waals surface area contributed by atoms with E-state index in [4.69, 9.17) is 17.3 Å². The predicted molar refractivity (Wildman–Crippen MR) is 70.1 cm³/mol. The van der Waals surface area contributed by atoms with Gasteiger partial charge in [0, 0.05) is 11.7 Å². The average Bonchev–Trinajstić information content (AvgIpc) is 2.32. The number of nitrogens with one attached hydrogen (secondary N) is 1. The molecule has 94 valence electrons. The van der Waals surface area contributed by atoms with Crippen LogP contribution in [0.1, 0.15) is 44.0 Å². The molecule has 0 aliphatic carbocycles. The molecule has 17 heavy (non-hydrogen) atoms. The number of amides is 1. The zero-order valence-electron chi connectivity index (χ0n) is 10.4. The van der Waals surface area contributed by atoms with Crippen LogP contribution < -0.4 is 11.1 Å². The molecule has 0 saturated heterocycles. The Morgan fingerprint density at radius 3 is 2.65 bits per heavy atom. The van der Waals surface area contributed by atoms with Crippen molar-refractivity contribution in [2.45, 2.75) is 39.2 Å². The molecule has 0 bridgehead atoms. The Labute approximate surface area is 107 Å². The number of rotatable bonds is 4. The molecule has 1 rings (SSSR count). The maximum Gasteiger partial charge on any atom is 0.253 e. The van der Waals surface area contributed by atoms with Crippen molar-refractivity contribution in [3.63, 3.8) is 0 Å². The lowest BCUT2D eigenvalue weighted by atomic mass is 9.95. The lowest BCUT2D eigenvalue weighted by Gasteiger charge is -2.28. The molecule has 0 aliphatic heterocycles. The molecule has 1 heterocycles. The van der Waals surface area contributed by atoms with Crippen LogP contribution >= 0.6 is 11.6 Å². The van der Waals surface area contributed by atoms with E-state index in [1.165, 1.54) is 12.3 Å². The first-order chi connectivity index (χ1) is 7.91. The van der Waals surface area contributed by atoms with Gasteiger partial charge in [-0.05, 0) is 25.8 Å². The first-order valence-electron chi connectivity index (χ1n) is 5.65. The van der Waals surface area contributed by atoms with Gasteiger partial charge in [0.15, 0.2) is 0 Å². The molecular formula is C12H18ClN3O. The third-order valence-electron chi connectivity index (χ3n) is 3.10. The van der Waals surface area contributed by atoms with Gasteiger partial charge >= 0.3 is 0 Å². The number of carbonyl (C=O) groups excluding carboxylic acids is 1. The normalized spacial score (nSPS) is 11.3. The summed E-state index contributed by atoms with van der Waals surface area (Å²) in [5.74, 6) is 0.0737. The van der Waals surface area contributed by atoms with Gasteiger partial charge in [0.2, 0.25) is 0 Å². The van der Waals surface area contributed by atoms with E-state index in [9.17, 15) is 4.79 Å². The molecule has 0 fully saturated rings. The predicted octanol–water partition coefficient (Wildman–Crippen LogP) is 2.63. The molecule has 0 unspecified atom stereocenters. The first kappa shape index (κ1) is 13.8. The van der Waals surface area contributed by atoms with Gasteiger partial charge < -0.3 is 11.1 Å². The minimum Gasteiger partial charge on any atom is -0.384 e. The van der Waals surface area contributed by atoms with Crippen molar-refractivity contribution in [1.29, 1.82) is 0 Å². The molecular weight excluding hydrogens is 238 g/mol. The second-order valence-corrected chi connectivity index (χ2v) is 4.72. The number of hydrogen-bond acceptors (Lipinski definition) is 3. The summed E-state index contributed by atoms with van der Waals surface area (Å²) in [6.45, 7) is 6.07. The molecule has 1 aromatic heterocycles. The fourth-order valence-corrected chi connectivity index (χ4v) is 1.59. The Morgan fingerprint density at radius 2 is 2.12 bits per heavy atom. The standard InChI is InChI=1S/C12H18ClN3O/c1-4-12(3,5-2)16-11(17)8-6-10(14)15-7-9(8)13/h6-7H,4-5H2,1-3H3,(H2,14,15)(H,16,17). The summed E-state index contributed by atoms with van der Waals surface area (Å²) in [6, 6.07) is 1.49. The van der Waals surface area contributed by atoms with E-state index in [-0.39, 0.29) is 17.3 Å². The highest BCUT2D eigenvalue weighted by Gasteiger charge is 2.23. The molecule has 0 aromatic carbocycles. The lowest BCUT2D eigenvalue weighted by Crippen LogP contribution is -2.45. The fraction of sp³-hybridized carbons (Fsp3) is 0.500. The van der Waals surface area contributed by atoms with Crippen LogP contribution in [0.3, 0.4) is 0 Å². The Morgan fingerprint density at radius 1 is 1.53 bits per heavy atom. The Kier molecular flexibility index (Phi) is 4.34. The van der Waals surface area contributed by atoms with E-state index in [2.05, 4.69) is 10.3 Å². The number of nitrogen functional groups attached to an aromatic ring is 1. The maximum atomic E-state index is 12.1. The number of aromatic nitrogens is 1. The average molecular weight is 256 g/mol. The summed E-state index contributed by atoms with van der Waals surface area (Å²) < 4.78 is 0. The lowest BCUT2D eigenvalue weighted by molar-refractivity contribution is 0.0901. The van der Waals surface area contributed by atoms with E-state index in [1.807, 2.05) is 20.8 Å². The van der Waals surface area contributed by atoms with Crippen LogP contribution in [-0.4, -0.2) is 16.4 Å². The number of halogens is 1. The van der Waals surface area contributed by atoms with Crippen molar-refractivity contribution in [1.82, 2.24) is 10.3 Å². The summed E-state index contributed by atoms with van der Waals surface area (Å²) in [5.41, 5.74) is 5.69. The molecule has 4 nitrogen and oxygen atoms in total. The maximum absolute atomic E-state index is 12.1. The van der Waals surface area contributed by atoms with Crippen molar-refractivity contribution < 1.29 is 4.79 Å². The first-order valence-corrected chi connectivity index (χ1v) is 6.03. The fourth-order valence-electron chi connectivity index (χ4n) is 1.40. The topological polar surface area (TPSA) is 68.0 Å². The van der Waals surface area contributed by atoms with Gasteiger partial charge in [-0.25, -0.2) is 4.98 Å². The zero-order chi connectivity index (χ0) is 13.1. The second-order valence-electron chi connectivity index (χ2n) is 4.31. The molecule has 0 aliphatic rings. The molecule has 0 spiro atoms. The molecule has 3 N–H and O–H groups in total. The van der Waals surface area contributed by atoms with Crippen LogP contribution in [0.15, 0.2) is 12.3 Å². The smallest absolute Gasteiger partial charge is 0.253 e. The summed E-state index contributed by atoms with van der Waals surface area (Å²) in [4.78, 5) is 15.9. The van der Waals surface area contributed by atoms with E-state index in [0.29, 0.717) is 10.6 Å². The SMILES string of the molecule is CCC(C)(CC)NC(=O)c1cc(N)ncc1Cl. The van der Waals surface area contributed by atoms with Gasteiger partial charge in [-0.1, -0.05) is 25.4 Å². The summed E-state index contributed by atoms with van der Waals surface area (Å²) in [7, 11) is 0. The van der Waals surface area contributed by atoms with Gasteiger partial charge in [0.25, 0.3) is 5.91 Å². The van der Waals surface area contributed by atoms with Crippen molar-refractivity contribution in [2.24, 2.45) is 0 Å². The van der Waals surface area contributed by atoms with E-state index >= 15 is 0 Å². The van der Waals surface area contributed by atoms with E-state index in [0.717, 1.165) is 12.8 Å². The molecule has 0 radical (unpaired) electrons. The number of nitrogens with zero attached hydrogens (tertiary/aromatic N) is 1. The van der Waals surface area contributed by atoms with Crippen LogP contribution in [0, 0.1) is 0 Å². The highest BCUT2D eigenvalue weighted by Crippen LogP contribution is 2.19. The summed E-state index contributed by atoms with van der Waals surface area (Å²) in [6.07, 6.45) is 3.10. The third kappa shape index (κ3) is 3.33. The van der Waals surface area contributed by atoms with Gasteiger partial charge in [-0.2, -0.15) is 0 Å². The molecule has 1 aromatic rings. The van der Waals surface area contributed by atoms with Gasteiger partial charge in [0.05, 0.1) is 10.6 Å². The van der Waals surface area contributed by atoms with Crippen LogP contribution in [0.25, 0.3) is 0 Å². The van der Waals surface area contributed by atoms with Crippen molar-refractivity contribution in [2.75, 3.05) is 5.73 Å². The molecule has 0 saturated carbocycles. The largest absolute Gasteiger partial charge is 0.384 e. The number of anilines is 1. The van der Waals surface area contributed by atoms with Crippen molar-refractivity contribution >= 4 is 23.3 Å². The van der Waals surface area contributed by atoms with Crippen LogP contribution in [0.4, 0.5) is 5.82 Å². The number of carbonyl (C=O) groups is 1. The molecule has 5 heteroatoms. The second kappa shape index (κ2) is 5.36. The van der Waals surface area contributed by atoms with Gasteiger partial charge in [0.1, 0.15) is 5.82 Å². The molecule has 0 atom stereocenters. The van der Waals surface area contributed by atoms with Crippen LogP contribution in [-0.2, 0) is 0 Å². The minimum atomic E-state index is -0.224. The summed E-state index contributed by atoms with van der Waals surface area (Å²) in [5, 5.41) is 3.28. The van der Waals surface area contributed by atoms with E-state index in [1.54, 1.807) is 0 Å². The molecule has 1 amide bonds. The Balaban J connectivity index is 2.94. The number of nitrogens with two attached hydrogens (primary N) is 1. The minimum absolute atomic E-state index is 0.213. The number of hydrogen-bond donors (Lipinski definition) is 2. The van der Waals surface area contributed by atoms with Crippen molar-refractivity contribution in [3.05, 3.63) is 22.8 Å². The van der Waals surface area contributed by atoms with Crippen molar-refractivity contribution in [3.8, 4) is 0 Å². The highest BCUT2D eigenvalue weighted by atomic mass is 35.5. The monoisotopic (exact) mass is 255 g/mol. The zero-order valence-corrected chi connectivity index (χ0v) is 11.1. The summed E-state index contributed by atoms with van der Waals surface area (Å²) >= 11 is 5.93. The number of pyridine rings is 1. The van der Waals surface area contributed by atoms with Gasteiger partial charge in [-0.15, -0.1) is 0 Å². The van der Waals surface area contributed by atoms with Crippen LogP contribution in [0.2, 0.25) is 5.02 Å². The Hall–Kier alpha value is -1.29. The Bertz CT molecular complexity index is 416. The quantitative estimate of drug-likeness (QED) is 0.869. The van der Waals surface area contributed by atoms with E-state index < -0.39 is 0 Å². The van der Waals surface area contributed by atoms with Gasteiger partial charge in [-0.3, -0.25) is 4.79 Å². The third-order valence-corrected chi connectivity index (χ3v) is 3.40. The van der Waals surface area contributed by atoms with Crippen LogP contribution in [0.5, 0.6) is 0 Å².